The van der Waals surface area contributed by atoms with Gasteiger partial charge in [0.25, 0.3) is 11.6 Å². The number of halogens is 1. The molecule has 0 N–H and O–H groups in total. The monoisotopic (exact) mass is 255 g/mol. The lowest BCUT2D eigenvalue weighted by molar-refractivity contribution is -0.385. The van der Waals surface area contributed by atoms with Crippen molar-refractivity contribution in [1.29, 1.82) is 0 Å². The fourth-order valence-corrected chi connectivity index (χ4v) is 1.35. The lowest BCUT2D eigenvalue weighted by atomic mass is 10.4. The van der Waals surface area contributed by atoms with Crippen LogP contribution in [-0.2, 0) is 0 Å². The first-order chi connectivity index (χ1) is 8.11. The van der Waals surface area contributed by atoms with Gasteiger partial charge >= 0.3 is 0 Å². The first-order valence-corrected chi connectivity index (χ1v) is 4.76. The third kappa shape index (κ3) is 2.16. The molecule has 0 aliphatic heterocycles. The van der Waals surface area contributed by atoms with Crippen LogP contribution in [-0.4, -0.2) is 32.0 Å². The van der Waals surface area contributed by atoms with Gasteiger partial charge in [0.05, 0.1) is 17.1 Å². The second kappa shape index (κ2) is 4.34. The van der Waals surface area contributed by atoms with Crippen molar-refractivity contribution in [3.05, 3.63) is 33.6 Å². The van der Waals surface area contributed by atoms with E-state index < -0.39 is 4.92 Å². The Balaban J connectivity index is 2.42. The summed E-state index contributed by atoms with van der Waals surface area (Å²) in [5.74, 6) is 0.488. The van der Waals surface area contributed by atoms with Gasteiger partial charge in [-0.15, -0.1) is 9.90 Å². The summed E-state index contributed by atoms with van der Waals surface area (Å²) in [7, 11) is 1.44. The molecule has 0 amide bonds. The first-order valence-electron chi connectivity index (χ1n) is 4.38. The van der Waals surface area contributed by atoms with E-state index in [1.165, 1.54) is 19.4 Å². The van der Waals surface area contributed by atoms with Crippen molar-refractivity contribution >= 4 is 17.3 Å². The van der Waals surface area contributed by atoms with E-state index in [9.17, 15) is 10.1 Å². The van der Waals surface area contributed by atoms with Crippen molar-refractivity contribution in [3.8, 4) is 11.7 Å². The molecule has 0 radical (unpaired) electrons. The minimum atomic E-state index is -0.584. The topological polar surface area (TPSA) is 96.0 Å². The normalized spacial score (nSPS) is 10.2. The summed E-state index contributed by atoms with van der Waals surface area (Å²) in [5.41, 5.74) is -0.196. The van der Waals surface area contributed by atoms with Crippen molar-refractivity contribution in [2.45, 2.75) is 0 Å². The van der Waals surface area contributed by atoms with Crippen molar-refractivity contribution in [2.75, 3.05) is 7.11 Å². The van der Waals surface area contributed by atoms with Crippen molar-refractivity contribution < 1.29 is 9.66 Å². The van der Waals surface area contributed by atoms with Crippen LogP contribution in [0.15, 0.2) is 18.5 Å². The summed E-state index contributed by atoms with van der Waals surface area (Å²) in [4.78, 5) is 14.9. The Morgan fingerprint density at radius 3 is 2.82 bits per heavy atom. The molecule has 0 saturated heterocycles. The molecule has 8 nitrogen and oxygen atoms in total. The van der Waals surface area contributed by atoms with Gasteiger partial charge < -0.3 is 4.74 Å². The molecule has 0 aromatic carbocycles. The number of ether oxygens (including phenoxy) is 1. The highest BCUT2D eigenvalue weighted by atomic mass is 35.5. The minimum Gasteiger partial charge on any atom is -0.479 e. The molecule has 2 aromatic heterocycles. The number of hydrogen-bond donors (Lipinski definition) is 0. The predicted octanol–water partition coefficient (Wildman–Crippen LogP) is 1.23. The molecule has 0 saturated carbocycles. The number of methoxy groups -OCH3 is 1. The van der Waals surface area contributed by atoms with E-state index in [0.717, 1.165) is 11.0 Å². The minimum absolute atomic E-state index is 0.0810. The molecule has 0 aliphatic rings. The van der Waals surface area contributed by atoms with E-state index >= 15 is 0 Å². The van der Waals surface area contributed by atoms with Gasteiger partial charge in [-0.25, -0.2) is 4.98 Å². The molecular formula is C8H6ClN5O3. The maximum Gasteiger partial charge on any atom is 0.289 e. The Kier molecular flexibility index (Phi) is 2.88. The maximum atomic E-state index is 10.5. The third-order valence-corrected chi connectivity index (χ3v) is 2.17. The zero-order chi connectivity index (χ0) is 12.4. The molecule has 0 spiro atoms. The summed E-state index contributed by atoms with van der Waals surface area (Å²) in [5, 5.41) is 18.3. The van der Waals surface area contributed by atoms with Crippen LogP contribution in [0.3, 0.4) is 0 Å². The number of rotatable bonds is 3. The van der Waals surface area contributed by atoms with Gasteiger partial charge in [0.2, 0.25) is 0 Å². The highest BCUT2D eigenvalue weighted by Crippen LogP contribution is 2.22. The molecule has 9 heteroatoms. The second-order valence-corrected chi connectivity index (χ2v) is 3.34. The van der Waals surface area contributed by atoms with E-state index in [1.54, 1.807) is 0 Å². The third-order valence-electron chi connectivity index (χ3n) is 1.89. The van der Waals surface area contributed by atoms with Gasteiger partial charge in [0.1, 0.15) is 12.4 Å². The average Bonchev–Trinajstić information content (AvgIpc) is 2.77. The fourth-order valence-electron chi connectivity index (χ4n) is 1.11. The van der Waals surface area contributed by atoms with E-state index in [1.807, 2.05) is 0 Å². The lowest BCUT2D eigenvalue weighted by Gasteiger charge is -2.00. The quantitative estimate of drug-likeness (QED) is 0.604. The van der Waals surface area contributed by atoms with Crippen LogP contribution in [0.1, 0.15) is 0 Å². The molecule has 17 heavy (non-hydrogen) atoms. The number of nitro groups is 1. The standard InChI is InChI=1S/C8H6ClN5O3/c1-17-7-4-11-13(12-7)8-6(9)2-5(3-10-8)14(15)16/h2-4H,1H3. The lowest BCUT2D eigenvalue weighted by Crippen LogP contribution is -2.03. The molecule has 0 fully saturated rings. The zero-order valence-corrected chi connectivity index (χ0v) is 9.33. The molecule has 0 bridgehead atoms. The largest absolute Gasteiger partial charge is 0.479 e. The molecule has 0 unspecified atom stereocenters. The van der Waals surface area contributed by atoms with Crippen LogP contribution < -0.4 is 4.74 Å². The van der Waals surface area contributed by atoms with Gasteiger partial charge in [-0.3, -0.25) is 10.1 Å². The smallest absolute Gasteiger partial charge is 0.289 e. The second-order valence-electron chi connectivity index (χ2n) is 2.93. The fraction of sp³-hybridized carbons (Fsp3) is 0.125. The van der Waals surface area contributed by atoms with Crippen LogP contribution in [0.5, 0.6) is 5.88 Å². The number of pyridine rings is 1. The number of hydrogen-bond acceptors (Lipinski definition) is 6. The van der Waals surface area contributed by atoms with Crippen LogP contribution >= 0.6 is 11.6 Å². The van der Waals surface area contributed by atoms with Gasteiger partial charge in [0, 0.05) is 6.07 Å². The van der Waals surface area contributed by atoms with Crippen LogP contribution in [0.4, 0.5) is 5.69 Å². The van der Waals surface area contributed by atoms with Gasteiger partial charge in [-0.2, -0.15) is 5.10 Å². The zero-order valence-electron chi connectivity index (χ0n) is 8.57. The van der Waals surface area contributed by atoms with Crippen molar-refractivity contribution in [1.82, 2.24) is 20.0 Å². The van der Waals surface area contributed by atoms with Gasteiger partial charge in [-0.05, 0) is 0 Å². The summed E-state index contributed by atoms with van der Waals surface area (Å²) < 4.78 is 4.84. The first kappa shape index (κ1) is 11.3. The summed E-state index contributed by atoms with van der Waals surface area (Å²) in [6.07, 6.45) is 2.45. The summed E-state index contributed by atoms with van der Waals surface area (Å²) in [6.45, 7) is 0. The van der Waals surface area contributed by atoms with Crippen LogP contribution in [0, 0.1) is 10.1 Å². The molecular weight excluding hydrogens is 250 g/mol. The SMILES string of the molecule is COc1cnn(-c2ncc([N+](=O)[O-])cc2Cl)n1. The van der Waals surface area contributed by atoms with Gasteiger partial charge in [0.15, 0.2) is 5.82 Å². The van der Waals surface area contributed by atoms with Crippen molar-refractivity contribution in [2.24, 2.45) is 0 Å². The average molecular weight is 256 g/mol. The van der Waals surface area contributed by atoms with E-state index in [0.29, 0.717) is 5.88 Å². The molecule has 0 atom stereocenters. The van der Waals surface area contributed by atoms with Crippen molar-refractivity contribution in [3.63, 3.8) is 0 Å². The van der Waals surface area contributed by atoms with Gasteiger partial charge in [-0.1, -0.05) is 11.6 Å². The molecule has 2 heterocycles. The molecule has 2 rings (SSSR count). The predicted molar refractivity (Wildman–Crippen MR) is 57.4 cm³/mol. The highest BCUT2D eigenvalue weighted by Gasteiger charge is 2.14. The maximum absolute atomic E-state index is 10.5. The summed E-state index contributed by atoms with van der Waals surface area (Å²) >= 11 is 5.85. The van der Waals surface area contributed by atoms with E-state index in [-0.39, 0.29) is 16.5 Å². The molecule has 2 aromatic rings. The van der Waals surface area contributed by atoms with E-state index in [2.05, 4.69) is 15.2 Å². The number of nitrogens with zero attached hydrogens (tertiary/aromatic N) is 5. The Morgan fingerprint density at radius 1 is 1.53 bits per heavy atom. The summed E-state index contributed by atoms with van der Waals surface area (Å²) in [6, 6.07) is 1.18. The van der Waals surface area contributed by atoms with Crippen LogP contribution in [0.25, 0.3) is 5.82 Å². The number of aromatic nitrogens is 4. The molecule has 88 valence electrons. The Labute approximate surface area is 99.9 Å². The Hall–Kier alpha value is -2.22. The van der Waals surface area contributed by atoms with E-state index in [4.69, 9.17) is 16.3 Å². The Morgan fingerprint density at radius 2 is 2.29 bits per heavy atom. The highest BCUT2D eigenvalue weighted by molar-refractivity contribution is 6.32. The van der Waals surface area contributed by atoms with Crippen LogP contribution in [0.2, 0.25) is 5.02 Å². The Bertz CT molecular complexity index is 570. The molecule has 0 aliphatic carbocycles.